The number of ether oxygens (including phenoxy) is 1. The van der Waals surface area contributed by atoms with Gasteiger partial charge in [0.15, 0.2) is 17.5 Å². The summed E-state index contributed by atoms with van der Waals surface area (Å²) in [6.45, 7) is 1.83. The molecule has 1 aromatic rings. The second-order valence-corrected chi connectivity index (χ2v) is 4.73. The monoisotopic (exact) mass is 303 g/mol. The van der Waals surface area contributed by atoms with E-state index in [0.29, 0.717) is 26.2 Å². The van der Waals surface area contributed by atoms with Crippen LogP contribution >= 0.6 is 0 Å². The van der Waals surface area contributed by atoms with Crippen LogP contribution in [0.3, 0.4) is 0 Å². The van der Waals surface area contributed by atoms with E-state index in [9.17, 15) is 18.0 Å². The summed E-state index contributed by atoms with van der Waals surface area (Å²) in [6, 6.07) is 1.74. The van der Waals surface area contributed by atoms with E-state index in [1.165, 1.54) is 0 Å². The van der Waals surface area contributed by atoms with Crippen molar-refractivity contribution in [2.75, 3.05) is 38.1 Å². The Morgan fingerprint density at radius 2 is 2.14 bits per heavy atom. The van der Waals surface area contributed by atoms with E-state index in [2.05, 4.69) is 5.32 Å². The maximum absolute atomic E-state index is 13.4. The first-order chi connectivity index (χ1) is 10.0. The van der Waals surface area contributed by atoms with Gasteiger partial charge in [0.1, 0.15) is 0 Å². The Morgan fingerprint density at radius 3 is 2.86 bits per heavy atom. The normalized spacial score (nSPS) is 19.5. The Labute approximate surface area is 119 Å². The molecule has 1 fully saturated rings. The molecule has 0 spiro atoms. The minimum atomic E-state index is -1.61. The van der Waals surface area contributed by atoms with Crippen molar-refractivity contribution < 1.29 is 22.7 Å². The molecule has 21 heavy (non-hydrogen) atoms. The molecule has 1 aliphatic rings. The Morgan fingerprint density at radius 1 is 1.38 bits per heavy atom. The lowest BCUT2D eigenvalue weighted by Gasteiger charge is -2.31. The molecule has 0 saturated carbocycles. The van der Waals surface area contributed by atoms with Crippen molar-refractivity contribution in [2.24, 2.45) is 5.73 Å². The highest BCUT2D eigenvalue weighted by atomic mass is 19.2. The Bertz CT molecular complexity index is 528. The summed E-state index contributed by atoms with van der Waals surface area (Å²) < 4.78 is 44.6. The molecule has 0 bridgehead atoms. The molecule has 3 N–H and O–H groups in total. The average Bonchev–Trinajstić information content (AvgIpc) is 2.48. The molecular formula is C13H16F3N3O2. The van der Waals surface area contributed by atoms with Crippen molar-refractivity contribution >= 4 is 11.6 Å². The second-order valence-electron chi connectivity index (χ2n) is 4.73. The number of carbonyl (C=O) groups excluding carboxylic acids is 1. The first kappa shape index (κ1) is 15.7. The van der Waals surface area contributed by atoms with Gasteiger partial charge in [-0.3, -0.25) is 9.69 Å². The van der Waals surface area contributed by atoms with Crippen LogP contribution in [-0.4, -0.2) is 49.7 Å². The van der Waals surface area contributed by atoms with Crippen LogP contribution < -0.4 is 11.1 Å². The standard InChI is InChI=1S/C13H16F3N3O2/c14-9-1-2-10(13(16)12(9)15)18-11(20)7-19-3-4-21-8(5-17)6-19/h1-2,8H,3-7,17H2,(H,18,20). The number of hydrogen-bond donors (Lipinski definition) is 2. The van der Waals surface area contributed by atoms with Crippen LogP contribution in [0.5, 0.6) is 0 Å². The van der Waals surface area contributed by atoms with Crippen molar-refractivity contribution in [3.05, 3.63) is 29.6 Å². The van der Waals surface area contributed by atoms with Crippen LogP contribution in [0.4, 0.5) is 18.9 Å². The molecule has 0 aromatic heterocycles. The van der Waals surface area contributed by atoms with Crippen molar-refractivity contribution in [2.45, 2.75) is 6.10 Å². The summed E-state index contributed by atoms with van der Waals surface area (Å²) in [5.74, 6) is -4.84. The van der Waals surface area contributed by atoms with Crippen LogP contribution in [0.2, 0.25) is 0 Å². The van der Waals surface area contributed by atoms with Crippen molar-refractivity contribution in [3.63, 3.8) is 0 Å². The highest BCUT2D eigenvalue weighted by Gasteiger charge is 2.22. The van der Waals surface area contributed by atoms with Gasteiger partial charge in [0, 0.05) is 19.6 Å². The van der Waals surface area contributed by atoms with Gasteiger partial charge in [0.05, 0.1) is 24.9 Å². The second kappa shape index (κ2) is 6.88. The maximum Gasteiger partial charge on any atom is 0.238 e. The number of carbonyl (C=O) groups is 1. The number of nitrogens with one attached hydrogen (secondary N) is 1. The van der Waals surface area contributed by atoms with Gasteiger partial charge in [0.2, 0.25) is 5.91 Å². The Kier molecular flexibility index (Phi) is 5.16. The zero-order valence-electron chi connectivity index (χ0n) is 11.2. The number of nitrogens with two attached hydrogens (primary N) is 1. The lowest BCUT2D eigenvalue weighted by molar-refractivity contribution is -0.119. The number of amides is 1. The van der Waals surface area contributed by atoms with Gasteiger partial charge in [-0.25, -0.2) is 13.2 Å². The van der Waals surface area contributed by atoms with E-state index in [-0.39, 0.29) is 18.3 Å². The molecular weight excluding hydrogens is 287 g/mol. The molecule has 1 saturated heterocycles. The van der Waals surface area contributed by atoms with Crippen LogP contribution in [0.1, 0.15) is 0 Å². The molecule has 8 heteroatoms. The number of halogens is 3. The van der Waals surface area contributed by atoms with Gasteiger partial charge in [-0.15, -0.1) is 0 Å². The zero-order chi connectivity index (χ0) is 15.4. The fourth-order valence-electron chi connectivity index (χ4n) is 2.08. The van der Waals surface area contributed by atoms with Crippen LogP contribution in [0.15, 0.2) is 12.1 Å². The van der Waals surface area contributed by atoms with Gasteiger partial charge in [-0.2, -0.15) is 0 Å². The molecule has 1 aliphatic heterocycles. The van der Waals surface area contributed by atoms with Gasteiger partial charge in [-0.1, -0.05) is 0 Å². The van der Waals surface area contributed by atoms with Gasteiger partial charge in [0.25, 0.3) is 0 Å². The summed E-state index contributed by atoms with van der Waals surface area (Å²) in [4.78, 5) is 13.6. The summed E-state index contributed by atoms with van der Waals surface area (Å²) in [7, 11) is 0. The number of morpholine rings is 1. The number of anilines is 1. The van der Waals surface area contributed by atoms with Gasteiger partial charge >= 0.3 is 0 Å². The van der Waals surface area contributed by atoms with Crippen LogP contribution in [0, 0.1) is 17.5 Å². The lowest BCUT2D eigenvalue weighted by atomic mass is 10.2. The fraction of sp³-hybridized carbons (Fsp3) is 0.462. The molecule has 1 aromatic carbocycles. The van der Waals surface area contributed by atoms with Crippen molar-refractivity contribution in [1.29, 1.82) is 0 Å². The molecule has 116 valence electrons. The molecule has 1 heterocycles. The number of rotatable bonds is 4. The van der Waals surface area contributed by atoms with Gasteiger partial charge < -0.3 is 15.8 Å². The van der Waals surface area contributed by atoms with E-state index in [0.717, 1.165) is 12.1 Å². The molecule has 0 radical (unpaired) electrons. The third-order valence-electron chi connectivity index (χ3n) is 3.16. The zero-order valence-corrected chi connectivity index (χ0v) is 11.2. The molecule has 0 aliphatic carbocycles. The van der Waals surface area contributed by atoms with E-state index < -0.39 is 23.4 Å². The summed E-state index contributed by atoms with van der Waals surface area (Å²) in [6.07, 6.45) is -0.147. The third kappa shape index (κ3) is 3.93. The van der Waals surface area contributed by atoms with Gasteiger partial charge in [-0.05, 0) is 12.1 Å². The fourth-order valence-corrected chi connectivity index (χ4v) is 2.08. The Hall–Kier alpha value is -1.64. The first-order valence-electron chi connectivity index (χ1n) is 6.48. The number of benzene rings is 1. The molecule has 1 unspecified atom stereocenters. The quantitative estimate of drug-likeness (QED) is 0.804. The average molecular weight is 303 g/mol. The van der Waals surface area contributed by atoms with E-state index in [4.69, 9.17) is 10.5 Å². The minimum absolute atomic E-state index is 0.00169. The molecule has 1 amide bonds. The number of nitrogens with zero attached hydrogens (tertiary/aromatic N) is 1. The smallest absolute Gasteiger partial charge is 0.238 e. The summed E-state index contributed by atoms with van der Waals surface area (Å²) in [5.41, 5.74) is 5.10. The van der Waals surface area contributed by atoms with Crippen molar-refractivity contribution in [1.82, 2.24) is 4.90 Å². The van der Waals surface area contributed by atoms with E-state index in [1.54, 1.807) is 4.90 Å². The maximum atomic E-state index is 13.4. The topological polar surface area (TPSA) is 67.6 Å². The third-order valence-corrected chi connectivity index (χ3v) is 3.16. The predicted octanol–water partition coefficient (Wildman–Crippen LogP) is 0.702. The van der Waals surface area contributed by atoms with Crippen molar-refractivity contribution in [3.8, 4) is 0 Å². The molecule has 1 atom stereocenters. The largest absolute Gasteiger partial charge is 0.374 e. The molecule has 2 rings (SSSR count). The highest BCUT2D eigenvalue weighted by molar-refractivity contribution is 5.92. The Balaban J connectivity index is 1.94. The molecule has 5 nitrogen and oxygen atoms in total. The highest BCUT2D eigenvalue weighted by Crippen LogP contribution is 2.19. The lowest BCUT2D eigenvalue weighted by Crippen LogP contribution is -2.48. The SMILES string of the molecule is NCC1CN(CC(=O)Nc2ccc(F)c(F)c2F)CCO1. The number of hydrogen-bond acceptors (Lipinski definition) is 4. The van der Waals surface area contributed by atoms with Crippen LogP contribution in [0.25, 0.3) is 0 Å². The van der Waals surface area contributed by atoms with E-state index in [1.807, 2.05) is 0 Å². The van der Waals surface area contributed by atoms with E-state index >= 15 is 0 Å². The van der Waals surface area contributed by atoms with Crippen LogP contribution in [-0.2, 0) is 9.53 Å². The summed E-state index contributed by atoms with van der Waals surface area (Å²) >= 11 is 0. The minimum Gasteiger partial charge on any atom is -0.374 e. The summed E-state index contributed by atoms with van der Waals surface area (Å²) in [5, 5.41) is 2.22. The first-order valence-corrected chi connectivity index (χ1v) is 6.48. The predicted molar refractivity (Wildman–Crippen MR) is 70.2 cm³/mol.